The number of amides is 2. The number of carbonyl (C=O) groups excluding carboxylic acids is 2. The fourth-order valence-corrected chi connectivity index (χ4v) is 5.82. The number of hydrogen-bond donors (Lipinski definition) is 2. The summed E-state index contributed by atoms with van der Waals surface area (Å²) in [6.45, 7) is 1.58. The molecule has 206 valence electrons. The Labute approximate surface area is 216 Å². The van der Waals surface area contributed by atoms with Gasteiger partial charge in [-0.15, -0.1) is 0 Å². The molecule has 2 saturated heterocycles. The van der Waals surface area contributed by atoms with Crippen molar-refractivity contribution in [2.45, 2.75) is 38.2 Å². The molecule has 3 aliphatic rings. The van der Waals surface area contributed by atoms with Crippen molar-refractivity contribution in [1.29, 1.82) is 0 Å². The van der Waals surface area contributed by atoms with E-state index in [9.17, 15) is 50.5 Å². The maximum Gasteiger partial charge on any atom is 0.487 e. The molecule has 2 aromatic rings. The number of anilines is 1. The molecule has 1 aliphatic carbocycles. The van der Waals surface area contributed by atoms with Gasteiger partial charge in [0, 0.05) is 0 Å². The number of imide groups is 1. The molecule has 2 heterocycles. The number of fused-ring (bicyclic) bond motifs is 3. The number of nitrogens with zero attached hydrogens (tertiary/aromatic N) is 1. The number of alkyl halides is 6. The molecule has 0 saturated carbocycles. The first-order valence-corrected chi connectivity index (χ1v) is 11.8. The van der Waals surface area contributed by atoms with E-state index in [1.165, 1.54) is 6.07 Å². The summed E-state index contributed by atoms with van der Waals surface area (Å²) >= 11 is 0. The van der Waals surface area contributed by atoms with Gasteiger partial charge in [-0.05, 0) is 67.1 Å². The van der Waals surface area contributed by atoms with Gasteiger partial charge in [-0.2, -0.15) is 26.3 Å². The van der Waals surface area contributed by atoms with Gasteiger partial charge in [0.05, 0.1) is 34.8 Å². The summed E-state index contributed by atoms with van der Waals surface area (Å²) in [5.41, 5.74) is -3.21. The van der Waals surface area contributed by atoms with E-state index >= 15 is 0 Å². The van der Waals surface area contributed by atoms with Crippen LogP contribution < -0.4 is 4.90 Å². The van der Waals surface area contributed by atoms with Crippen molar-refractivity contribution in [3.05, 3.63) is 70.0 Å². The van der Waals surface area contributed by atoms with E-state index in [-0.39, 0.29) is 29.9 Å². The molecule has 4 atom stereocenters. The van der Waals surface area contributed by atoms with Crippen LogP contribution in [-0.2, 0) is 26.6 Å². The van der Waals surface area contributed by atoms with Crippen LogP contribution in [0.1, 0.15) is 42.6 Å². The van der Waals surface area contributed by atoms with Crippen molar-refractivity contribution in [3.8, 4) is 5.75 Å². The minimum atomic E-state index is -5.18. The van der Waals surface area contributed by atoms with Crippen molar-refractivity contribution in [1.82, 2.24) is 0 Å². The SMILES string of the molecule is CC1=C2B(O)O[C@H](c3ccc(O)c(F)c3)C[C@H]2[C@H]2C(=O)N(c3cc(C(F)(F)F)cc(C(F)(F)F)c3)C(=O)[C@H]2C1. The third kappa shape index (κ3) is 4.58. The fraction of sp³-hybridized carbons (Fsp3) is 0.360. The highest BCUT2D eigenvalue weighted by molar-refractivity contribution is 6.53. The van der Waals surface area contributed by atoms with Crippen molar-refractivity contribution in [2.75, 3.05) is 4.90 Å². The summed E-state index contributed by atoms with van der Waals surface area (Å²) < 4.78 is 100. The summed E-state index contributed by atoms with van der Waals surface area (Å²) in [6.07, 6.45) is -11.5. The van der Waals surface area contributed by atoms with E-state index < -0.39 is 83.5 Å². The molecule has 0 unspecified atom stereocenters. The van der Waals surface area contributed by atoms with E-state index in [2.05, 4.69) is 0 Å². The van der Waals surface area contributed by atoms with Gasteiger partial charge in [0.2, 0.25) is 11.8 Å². The largest absolute Gasteiger partial charge is 0.505 e. The van der Waals surface area contributed by atoms with E-state index in [0.717, 1.165) is 12.1 Å². The Morgan fingerprint density at radius 1 is 0.949 bits per heavy atom. The number of phenols is 1. The Bertz CT molecular complexity index is 1370. The van der Waals surface area contributed by atoms with Crippen LogP contribution in [0.2, 0.25) is 0 Å². The predicted octanol–water partition coefficient (Wildman–Crippen LogP) is 5.19. The average Bonchev–Trinajstić information content (AvgIpc) is 3.08. The normalized spacial score (nSPS) is 25.8. The molecule has 2 N–H and O–H groups in total. The first-order valence-electron chi connectivity index (χ1n) is 11.8. The number of rotatable bonds is 2. The van der Waals surface area contributed by atoms with Crippen LogP contribution in [0.3, 0.4) is 0 Å². The van der Waals surface area contributed by atoms with Gasteiger partial charge in [-0.1, -0.05) is 11.6 Å². The molecular weight excluding hydrogens is 538 g/mol. The molecule has 6 nitrogen and oxygen atoms in total. The minimum absolute atomic E-state index is 0.0433. The Balaban J connectivity index is 1.55. The molecule has 5 rings (SSSR count). The van der Waals surface area contributed by atoms with E-state index in [1.807, 2.05) is 0 Å². The predicted molar refractivity (Wildman–Crippen MR) is 121 cm³/mol. The van der Waals surface area contributed by atoms with Gasteiger partial charge in [0.25, 0.3) is 0 Å². The molecular formula is C25H19BF7NO5. The van der Waals surface area contributed by atoms with Gasteiger partial charge in [0.1, 0.15) is 0 Å². The lowest BCUT2D eigenvalue weighted by Gasteiger charge is -2.41. The number of hydrogen-bond acceptors (Lipinski definition) is 5. The smallest absolute Gasteiger partial charge is 0.487 e. The van der Waals surface area contributed by atoms with E-state index in [4.69, 9.17) is 4.65 Å². The number of aromatic hydroxyl groups is 1. The van der Waals surface area contributed by atoms with Crippen LogP contribution in [0, 0.1) is 23.6 Å². The quantitative estimate of drug-likeness (QED) is 0.302. The van der Waals surface area contributed by atoms with Crippen LogP contribution >= 0.6 is 0 Å². The van der Waals surface area contributed by atoms with Gasteiger partial charge >= 0.3 is 19.5 Å². The Morgan fingerprint density at radius 3 is 2.13 bits per heavy atom. The van der Waals surface area contributed by atoms with Gasteiger partial charge in [-0.3, -0.25) is 9.59 Å². The minimum Gasteiger partial charge on any atom is -0.505 e. The standard InChI is InChI=1S/C25H19BF7NO5/c1-10-4-16-20(15-9-19(39-26(38)21(10)15)11-2-3-18(35)17(27)5-11)23(37)34(22(16)36)14-7-12(24(28,29)30)6-13(8-14)25(31,32)33/h2-3,5-8,15-16,19-20,35,38H,4,9H2,1H3/t15-,16-,19-,20+/m0/s1. The number of phenolic OH excluding ortho intramolecular Hbond substituents is 1. The number of benzene rings is 2. The lowest BCUT2D eigenvalue weighted by atomic mass is 9.55. The highest BCUT2D eigenvalue weighted by Gasteiger charge is 2.58. The molecule has 2 amide bonds. The Hall–Kier alpha value is -3.39. The van der Waals surface area contributed by atoms with Crippen molar-refractivity contribution >= 4 is 24.6 Å². The zero-order valence-electron chi connectivity index (χ0n) is 20.0. The van der Waals surface area contributed by atoms with Crippen LogP contribution in [0.25, 0.3) is 0 Å². The topological polar surface area (TPSA) is 87.1 Å². The van der Waals surface area contributed by atoms with Crippen LogP contribution in [0.5, 0.6) is 5.75 Å². The summed E-state index contributed by atoms with van der Waals surface area (Å²) in [4.78, 5) is 27.3. The molecule has 2 aliphatic heterocycles. The third-order valence-corrected chi connectivity index (χ3v) is 7.53. The first kappa shape index (κ1) is 27.2. The fourth-order valence-electron chi connectivity index (χ4n) is 5.82. The second kappa shape index (κ2) is 9.08. The Morgan fingerprint density at radius 2 is 1.56 bits per heavy atom. The molecule has 2 aromatic carbocycles. The van der Waals surface area contributed by atoms with Crippen molar-refractivity contribution in [2.24, 2.45) is 17.8 Å². The molecule has 0 spiro atoms. The average molecular weight is 557 g/mol. The van der Waals surface area contributed by atoms with Crippen molar-refractivity contribution in [3.63, 3.8) is 0 Å². The monoisotopic (exact) mass is 557 g/mol. The zero-order valence-corrected chi connectivity index (χ0v) is 20.0. The first-order chi connectivity index (χ1) is 18.1. The van der Waals surface area contributed by atoms with Crippen LogP contribution in [0.4, 0.5) is 36.4 Å². The molecule has 2 fully saturated rings. The zero-order chi connectivity index (χ0) is 28.6. The molecule has 0 bridgehead atoms. The molecule has 39 heavy (non-hydrogen) atoms. The van der Waals surface area contributed by atoms with E-state index in [0.29, 0.717) is 22.6 Å². The summed E-state index contributed by atoms with van der Waals surface area (Å²) in [5, 5.41) is 20.2. The van der Waals surface area contributed by atoms with Crippen molar-refractivity contribution < 1.29 is 55.1 Å². The van der Waals surface area contributed by atoms with Crippen LogP contribution in [-0.4, -0.2) is 29.1 Å². The summed E-state index contributed by atoms with van der Waals surface area (Å²) in [5.74, 6) is -6.73. The number of carbonyl (C=O) groups is 2. The van der Waals surface area contributed by atoms with E-state index in [1.54, 1.807) is 6.92 Å². The van der Waals surface area contributed by atoms with Gasteiger partial charge in [0.15, 0.2) is 11.6 Å². The Kier molecular flexibility index (Phi) is 6.33. The highest BCUT2D eigenvalue weighted by atomic mass is 19.4. The van der Waals surface area contributed by atoms with Crippen LogP contribution in [0.15, 0.2) is 47.4 Å². The second-order valence-corrected chi connectivity index (χ2v) is 9.88. The van der Waals surface area contributed by atoms with Gasteiger partial charge < -0.3 is 14.8 Å². The maximum atomic E-state index is 14.0. The number of halogens is 7. The third-order valence-electron chi connectivity index (χ3n) is 7.53. The lowest BCUT2D eigenvalue weighted by Crippen LogP contribution is -2.44. The maximum absolute atomic E-state index is 14.0. The number of allylic oxidation sites excluding steroid dienone is 2. The second-order valence-electron chi connectivity index (χ2n) is 9.88. The molecule has 14 heteroatoms. The summed E-state index contributed by atoms with van der Waals surface area (Å²) in [7, 11) is -1.56. The molecule has 0 aromatic heterocycles. The van der Waals surface area contributed by atoms with Gasteiger partial charge in [-0.25, -0.2) is 9.29 Å². The molecule has 0 radical (unpaired) electrons. The lowest BCUT2D eigenvalue weighted by molar-refractivity contribution is -0.143. The summed E-state index contributed by atoms with van der Waals surface area (Å²) in [6, 6.07) is 3.94. The highest BCUT2D eigenvalue weighted by Crippen LogP contribution is 2.52.